The van der Waals surface area contributed by atoms with E-state index >= 15 is 0 Å². The van der Waals surface area contributed by atoms with Gasteiger partial charge in [0.15, 0.2) is 0 Å². The van der Waals surface area contributed by atoms with E-state index < -0.39 is 0 Å². The number of aryl methyl sites for hydroxylation is 2. The second-order valence-corrected chi connectivity index (χ2v) is 8.49. The van der Waals surface area contributed by atoms with Crippen LogP contribution in [-0.2, 0) is 24.3 Å². The van der Waals surface area contributed by atoms with Crippen LogP contribution in [0, 0.1) is 13.8 Å². The number of amides is 1. The van der Waals surface area contributed by atoms with Crippen LogP contribution in [0.2, 0.25) is 0 Å². The zero-order valence-corrected chi connectivity index (χ0v) is 18.2. The number of carbonyl (C=O) groups excluding carboxylic acids is 1. The Labute approximate surface area is 178 Å². The number of hydrogen-bond acceptors (Lipinski definition) is 4. The van der Waals surface area contributed by atoms with Crippen LogP contribution < -0.4 is 5.32 Å². The molecule has 1 N–H and O–H groups in total. The monoisotopic (exact) mass is 405 g/mol. The first-order chi connectivity index (χ1) is 14.5. The number of hydrogen-bond donors (Lipinski definition) is 1. The highest BCUT2D eigenvalue weighted by atomic mass is 16.3. The molecule has 0 unspecified atom stereocenters. The number of benzene rings is 2. The Morgan fingerprint density at radius 2 is 1.70 bits per heavy atom. The van der Waals surface area contributed by atoms with Crippen LogP contribution in [0.4, 0.5) is 0 Å². The van der Waals surface area contributed by atoms with Gasteiger partial charge in [-0.2, -0.15) is 0 Å². The largest absolute Gasteiger partial charge is 0.464 e. The summed E-state index contributed by atoms with van der Waals surface area (Å²) in [6.45, 7) is 10.2. The predicted molar refractivity (Wildman–Crippen MR) is 120 cm³/mol. The molecule has 0 aliphatic carbocycles. The second-order valence-electron chi connectivity index (χ2n) is 8.49. The molecule has 0 radical (unpaired) electrons. The number of furan rings is 1. The Morgan fingerprint density at radius 3 is 2.43 bits per heavy atom. The van der Waals surface area contributed by atoms with Gasteiger partial charge < -0.3 is 14.6 Å². The highest BCUT2D eigenvalue weighted by molar-refractivity contribution is 5.89. The maximum Gasteiger partial charge on any atom is 0.224 e. The molecule has 5 nitrogen and oxygen atoms in total. The number of nitrogens with zero attached hydrogens (tertiary/aromatic N) is 2. The lowest BCUT2D eigenvalue weighted by atomic mass is 10.0. The zero-order valence-electron chi connectivity index (χ0n) is 18.2. The topological polar surface area (TPSA) is 48.7 Å². The van der Waals surface area contributed by atoms with Crippen LogP contribution in [0.25, 0.3) is 11.0 Å². The number of nitrogens with one attached hydrogen (secondary N) is 1. The molecule has 5 heteroatoms. The van der Waals surface area contributed by atoms with Gasteiger partial charge >= 0.3 is 0 Å². The predicted octanol–water partition coefficient (Wildman–Crippen LogP) is 3.66. The van der Waals surface area contributed by atoms with Gasteiger partial charge in [-0.1, -0.05) is 36.4 Å². The number of likely N-dealkylation sites (N-methyl/N-ethyl adjacent to an activating group) is 1. The Balaban J connectivity index is 1.29. The van der Waals surface area contributed by atoms with Gasteiger partial charge in [-0.25, -0.2) is 0 Å². The number of rotatable bonds is 6. The summed E-state index contributed by atoms with van der Waals surface area (Å²) in [5.74, 6) is 0.0115. The van der Waals surface area contributed by atoms with E-state index in [-0.39, 0.29) is 5.91 Å². The summed E-state index contributed by atoms with van der Waals surface area (Å²) < 4.78 is 5.72. The van der Waals surface area contributed by atoms with Crippen LogP contribution in [0.15, 0.2) is 47.1 Å². The van der Waals surface area contributed by atoms with E-state index in [0.717, 1.165) is 60.4 Å². The summed E-state index contributed by atoms with van der Waals surface area (Å²) in [5, 5.41) is 4.07. The third-order valence-electron chi connectivity index (χ3n) is 6.21. The van der Waals surface area contributed by atoms with Crippen LogP contribution in [0.3, 0.4) is 0 Å². The summed E-state index contributed by atoms with van der Waals surface area (Å²) in [5.41, 5.74) is 6.60. The van der Waals surface area contributed by atoms with Crippen LogP contribution in [0.5, 0.6) is 0 Å². The van der Waals surface area contributed by atoms with Crippen molar-refractivity contribution in [2.24, 2.45) is 0 Å². The quantitative estimate of drug-likeness (QED) is 0.680. The molecule has 1 aromatic heterocycles. The maximum absolute atomic E-state index is 12.5. The summed E-state index contributed by atoms with van der Waals surface area (Å²) in [4.78, 5) is 17.3. The third kappa shape index (κ3) is 4.74. The highest BCUT2D eigenvalue weighted by Gasteiger charge is 2.14. The van der Waals surface area contributed by atoms with E-state index in [9.17, 15) is 4.79 Å². The Morgan fingerprint density at radius 1 is 1.00 bits per heavy atom. The average molecular weight is 406 g/mol. The van der Waals surface area contributed by atoms with E-state index in [1.807, 2.05) is 6.07 Å². The molecule has 1 aliphatic rings. The normalized spacial score (nSPS) is 15.6. The molecule has 0 saturated carbocycles. The molecular weight excluding hydrogens is 374 g/mol. The van der Waals surface area contributed by atoms with Gasteiger partial charge in [0.25, 0.3) is 0 Å². The summed E-state index contributed by atoms with van der Waals surface area (Å²) in [7, 11) is 2.18. The fourth-order valence-corrected chi connectivity index (χ4v) is 3.99. The minimum absolute atomic E-state index is 0.0115. The maximum atomic E-state index is 12.5. The molecule has 0 bridgehead atoms. The Bertz CT molecular complexity index is 1010. The van der Waals surface area contributed by atoms with Crippen molar-refractivity contribution in [1.29, 1.82) is 0 Å². The van der Waals surface area contributed by atoms with E-state index in [1.165, 1.54) is 11.1 Å². The molecule has 0 atom stereocenters. The summed E-state index contributed by atoms with van der Waals surface area (Å²) in [6.07, 6.45) is 2.04. The van der Waals surface area contributed by atoms with Gasteiger partial charge in [0.2, 0.25) is 5.91 Å². The number of carbonyl (C=O) groups is 1. The van der Waals surface area contributed by atoms with Gasteiger partial charge in [0.05, 0.1) is 12.7 Å². The lowest BCUT2D eigenvalue weighted by molar-refractivity contribution is -0.120. The molecule has 2 heterocycles. The average Bonchev–Trinajstić information content (AvgIpc) is 3.15. The first kappa shape index (κ1) is 20.6. The van der Waals surface area contributed by atoms with E-state index in [0.29, 0.717) is 13.0 Å². The zero-order chi connectivity index (χ0) is 21.1. The van der Waals surface area contributed by atoms with Gasteiger partial charge in [-0.05, 0) is 43.1 Å². The Hall–Kier alpha value is -2.63. The third-order valence-corrected chi connectivity index (χ3v) is 6.21. The van der Waals surface area contributed by atoms with Gasteiger partial charge in [0, 0.05) is 50.2 Å². The molecule has 1 aliphatic heterocycles. The van der Waals surface area contributed by atoms with Crippen molar-refractivity contribution < 1.29 is 9.21 Å². The van der Waals surface area contributed by atoms with Gasteiger partial charge in [-0.15, -0.1) is 0 Å². The molecule has 2 aromatic carbocycles. The van der Waals surface area contributed by atoms with Crippen molar-refractivity contribution in [2.75, 3.05) is 33.2 Å². The number of fused-ring (bicyclic) bond motifs is 1. The van der Waals surface area contributed by atoms with E-state index in [1.54, 1.807) is 6.26 Å². The van der Waals surface area contributed by atoms with Gasteiger partial charge in [-0.3, -0.25) is 9.69 Å². The summed E-state index contributed by atoms with van der Waals surface area (Å²) in [6, 6.07) is 12.7. The molecule has 0 spiro atoms. The van der Waals surface area contributed by atoms with Crippen molar-refractivity contribution in [3.05, 3.63) is 70.5 Å². The fourth-order valence-electron chi connectivity index (χ4n) is 3.99. The van der Waals surface area contributed by atoms with E-state index in [4.69, 9.17) is 4.42 Å². The second kappa shape index (κ2) is 9.02. The lowest BCUT2D eigenvalue weighted by Crippen LogP contribution is -2.43. The van der Waals surface area contributed by atoms with Crippen molar-refractivity contribution in [3.63, 3.8) is 0 Å². The molecule has 30 heavy (non-hydrogen) atoms. The molecule has 4 rings (SSSR count). The first-order valence-electron chi connectivity index (χ1n) is 10.7. The summed E-state index contributed by atoms with van der Waals surface area (Å²) >= 11 is 0. The Kier molecular flexibility index (Phi) is 6.21. The molecule has 1 fully saturated rings. The van der Waals surface area contributed by atoms with Crippen molar-refractivity contribution in [3.8, 4) is 0 Å². The minimum atomic E-state index is 0.0115. The van der Waals surface area contributed by atoms with Gasteiger partial charge in [0.1, 0.15) is 5.58 Å². The molecular formula is C25H31N3O2. The highest BCUT2D eigenvalue weighted by Crippen LogP contribution is 2.26. The minimum Gasteiger partial charge on any atom is -0.464 e. The molecule has 1 amide bonds. The molecule has 1 saturated heterocycles. The SMILES string of the molecule is Cc1ccc2c(CC(=O)NCc3ccc(CN4CCN(C)CC4)cc3)coc2c1C. The van der Waals surface area contributed by atoms with E-state index in [2.05, 4.69) is 66.3 Å². The van der Waals surface area contributed by atoms with Crippen LogP contribution in [-0.4, -0.2) is 48.9 Å². The fraction of sp³-hybridized carbons (Fsp3) is 0.400. The smallest absolute Gasteiger partial charge is 0.224 e. The van der Waals surface area contributed by atoms with Crippen molar-refractivity contribution in [1.82, 2.24) is 15.1 Å². The number of piperazine rings is 1. The van der Waals surface area contributed by atoms with Crippen LogP contribution >= 0.6 is 0 Å². The van der Waals surface area contributed by atoms with Crippen LogP contribution in [0.1, 0.15) is 27.8 Å². The van der Waals surface area contributed by atoms with Crippen molar-refractivity contribution in [2.45, 2.75) is 33.4 Å². The first-order valence-corrected chi connectivity index (χ1v) is 10.7. The van der Waals surface area contributed by atoms with Crippen molar-refractivity contribution >= 4 is 16.9 Å². The lowest BCUT2D eigenvalue weighted by Gasteiger charge is -2.32. The molecule has 158 valence electrons. The standard InChI is InChI=1S/C25H31N3O2/c1-18-4-9-23-22(17-30-25(23)19(18)2)14-24(29)26-15-20-5-7-21(8-6-20)16-28-12-10-27(3)11-13-28/h4-9,17H,10-16H2,1-3H3,(H,26,29). The molecule has 3 aromatic rings.